The molecule has 98 valence electrons. The van der Waals surface area contributed by atoms with Crippen LogP contribution in [0.4, 0.5) is 15.8 Å². The minimum Gasteiger partial charge on any atom is -0.399 e. The van der Waals surface area contributed by atoms with Crippen LogP contribution in [-0.4, -0.2) is 5.91 Å². The van der Waals surface area contributed by atoms with Gasteiger partial charge in [0.2, 0.25) is 0 Å². The first-order valence-corrected chi connectivity index (χ1v) is 6.05. The fourth-order valence-electron chi connectivity index (χ4n) is 1.51. The standard InChI is InChI=1S/C13H9Cl2FN2O/c14-9-2-1-3-11(12(9)15)18-13(19)8-5-4-7(17)6-10(8)16/h1-6H,17H2,(H,18,19). The second kappa shape index (κ2) is 5.47. The number of hydrogen-bond acceptors (Lipinski definition) is 2. The number of benzene rings is 2. The van der Waals surface area contributed by atoms with Crippen molar-refractivity contribution in [3.63, 3.8) is 0 Å². The van der Waals surface area contributed by atoms with Crippen molar-refractivity contribution in [2.75, 3.05) is 11.1 Å². The van der Waals surface area contributed by atoms with Crippen molar-refractivity contribution in [3.05, 3.63) is 57.8 Å². The highest BCUT2D eigenvalue weighted by molar-refractivity contribution is 6.44. The molecule has 0 atom stereocenters. The fourth-order valence-corrected chi connectivity index (χ4v) is 1.85. The van der Waals surface area contributed by atoms with Gasteiger partial charge in [-0.25, -0.2) is 4.39 Å². The minimum absolute atomic E-state index is 0.120. The van der Waals surface area contributed by atoms with E-state index >= 15 is 0 Å². The number of carbonyl (C=O) groups is 1. The minimum atomic E-state index is -0.698. The van der Waals surface area contributed by atoms with Crippen molar-refractivity contribution in [3.8, 4) is 0 Å². The second-order valence-electron chi connectivity index (χ2n) is 3.79. The maximum atomic E-state index is 13.6. The van der Waals surface area contributed by atoms with Crippen molar-refractivity contribution in [2.24, 2.45) is 0 Å². The molecule has 0 aromatic heterocycles. The van der Waals surface area contributed by atoms with E-state index in [0.717, 1.165) is 6.07 Å². The molecule has 0 bridgehead atoms. The monoisotopic (exact) mass is 298 g/mol. The Labute approximate surface area is 119 Å². The maximum Gasteiger partial charge on any atom is 0.258 e. The van der Waals surface area contributed by atoms with Crippen LogP contribution in [0.3, 0.4) is 0 Å². The zero-order chi connectivity index (χ0) is 14.0. The SMILES string of the molecule is Nc1ccc(C(=O)Nc2cccc(Cl)c2Cl)c(F)c1. The van der Waals surface area contributed by atoms with E-state index in [-0.39, 0.29) is 16.3 Å². The van der Waals surface area contributed by atoms with Gasteiger partial charge in [0.25, 0.3) is 5.91 Å². The highest BCUT2D eigenvalue weighted by atomic mass is 35.5. The van der Waals surface area contributed by atoms with Crippen molar-refractivity contribution in [1.29, 1.82) is 0 Å². The third kappa shape index (κ3) is 2.97. The number of carbonyl (C=O) groups excluding carboxylic acids is 1. The Morgan fingerprint density at radius 3 is 2.63 bits per heavy atom. The quantitative estimate of drug-likeness (QED) is 0.824. The van der Waals surface area contributed by atoms with Gasteiger partial charge < -0.3 is 11.1 Å². The molecule has 0 heterocycles. The molecule has 2 rings (SSSR count). The van der Waals surface area contributed by atoms with Crippen molar-refractivity contribution >= 4 is 40.5 Å². The van der Waals surface area contributed by atoms with Crippen LogP contribution < -0.4 is 11.1 Å². The summed E-state index contributed by atoms with van der Waals surface area (Å²) in [4.78, 5) is 11.9. The van der Waals surface area contributed by atoms with Crippen LogP contribution in [0.5, 0.6) is 0 Å². The van der Waals surface area contributed by atoms with Crippen LogP contribution in [0.1, 0.15) is 10.4 Å². The fraction of sp³-hybridized carbons (Fsp3) is 0. The van der Waals surface area contributed by atoms with Gasteiger partial charge in [-0.2, -0.15) is 0 Å². The largest absolute Gasteiger partial charge is 0.399 e. The van der Waals surface area contributed by atoms with E-state index < -0.39 is 11.7 Å². The lowest BCUT2D eigenvalue weighted by Gasteiger charge is -2.09. The molecule has 0 spiro atoms. The Bertz CT molecular complexity index is 647. The Hall–Kier alpha value is -1.78. The number of hydrogen-bond donors (Lipinski definition) is 2. The van der Waals surface area contributed by atoms with Gasteiger partial charge in [0.05, 0.1) is 21.3 Å². The molecule has 1 amide bonds. The smallest absolute Gasteiger partial charge is 0.258 e. The number of anilines is 2. The van der Waals surface area contributed by atoms with Gasteiger partial charge in [0, 0.05) is 5.69 Å². The number of halogens is 3. The molecule has 2 aromatic rings. The third-order valence-electron chi connectivity index (χ3n) is 2.44. The summed E-state index contributed by atoms with van der Waals surface area (Å²) in [5, 5.41) is 3.00. The number of nitrogen functional groups attached to an aromatic ring is 1. The molecule has 3 N–H and O–H groups in total. The molecule has 0 aliphatic heterocycles. The van der Waals surface area contributed by atoms with Crippen LogP contribution in [0.25, 0.3) is 0 Å². The van der Waals surface area contributed by atoms with E-state index in [1.807, 2.05) is 0 Å². The van der Waals surface area contributed by atoms with Gasteiger partial charge in [-0.15, -0.1) is 0 Å². The normalized spacial score (nSPS) is 10.3. The summed E-state index contributed by atoms with van der Waals surface area (Å²) in [6.07, 6.45) is 0. The van der Waals surface area contributed by atoms with Crippen LogP contribution in [0.2, 0.25) is 10.0 Å². The van der Waals surface area contributed by atoms with Gasteiger partial charge >= 0.3 is 0 Å². The van der Waals surface area contributed by atoms with Crippen molar-refractivity contribution in [2.45, 2.75) is 0 Å². The van der Waals surface area contributed by atoms with E-state index in [1.165, 1.54) is 12.1 Å². The molecule has 0 saturated carbocycles. The summed E-state index contributed by atoms with van der Waals surface area (Å²) >= 11 is 11.8. The van der Waals surface area contributed by atoms with E-state index in [1.54, 1.807) is 18.2 Å². The molecule has 0 aliphatic carbocycles. The Balaban J connectivity index is 2.28. The highest BCUT2D eigenvalue weighted by Gasteiger charge is 2.14. The summed E-state index contributed by atoms with van der Waals surface area (Å²) in [6, 6.07) is 8.61. The molecule has 3 nitrogen and oxygen atoms in total. The second-order valence-corrected chi connectivity index (χ2v) is 4.58. The molecule has 0 aliphatic rings. The van der Waals surface area contributed by atoms with Gasteiger partial charge in [-0.3, -0.25) is 4.79 Å². The molecular formula is C13H9Cl2FN2O. The predicted molar refractivity (Wildman–Crippen MR) is 75.2 cm³/mol. The lowest BCUT2D eigenvalue weighted by atomic mass is 10.1. The Morgan fingerprint density at radius 2 is 1.95 bits per heavy atom. The molecule has 0 fully saturated rings. The Kier molecular flexibility index (Phi) is 3.93. The highest BCUT2D eigenvalue weighted by Crippen LogP contribution is 2.30. The van der Waals surface area contributed by atoms with Gasteiger partial charge in [0.1, 0.15) is 5.82 Å². The molecule has 6 heteroatoms. The molecule has 2 aromatic carbocycles. The number of nitrogens with two attached hydrogens (primary N) is 1. The van der Waals surface area contributed by atoms with E-state index in [4.69, 9.17) is 28.9 Å². The van der Waals surface area contributed by atoms with E-state index in [9.17, 15) is 9.18 Å². The molecule has 0 unspecified atom stereocenters. The van der Waals surface area contributed by atoms with E-state index in [0.29, 0.717) is 10.7 Å². The first kappa shape index (κ1) is 13.6. The summed E-state index contributed by atoms with van der Waals surface area (Å²) in [5.41, 5.74) is 5.85. The summed E-state index contributed by atoms with van der Waals surface area (Å²) < 4.78 is 13.6. The van der Waals surface area contributed by atoms with Crippen LogP contribution in [-0.2, 0) is 0 Å². The first-order valence-electron chi connectivity index (χ1n) is 5.29. The lowest BCUT2D eigenvalue weighted by molar-refractivity contribution is 0.102. The average Bonchev–Trinajstić information content (AvgIpc) is 2.34. The van der Waals surface area contributed by atoms with Crippen LogP contribution in [0, 0.1) is 5.82 Å². The number of amides is 1. The molecule has 0 radical (unpaired) electrons. The first-order chi connectivity index (χ1) is 8.99. The van der Waals surface area contributed by atoms with E-state index in [2.05, 4.69) is 5.32 Å². The summed E-state index contributed by atoms with van der Waals surface area (Å²) in [7, 11) is 0. The topological polar surface area (TPSA) is 55.1 Å². The average molecular weight is 299 g/mol. The van der Waals surface area contributed by atoms with Crippen LogP contribution in [0.15, 0.2) is 36.4 Å². The van der Waals surface area contributed by atoms with Gasteiger partial charge in [0.15, 0.2) is 0 Å². The summed E-state index contributed by atoms with van der Waals surface area (Å²) in [5.74, 6) is -1.32. The zero-order valence-corrected chi connectivity index (χ0v) is 11.1. The molecule has 0 saturated heterocycles. The summed E-state index contributed by atoms with van der Waals surface area (Å²) in [6.45, 7) is 0. The number of nitrogens with one attached hydrogen (secondary N) is 1. The maximum absolute atomic E-state index is 13.6. The Morgan fingerprint density at radius 1 is 1.21 bits per heavy atom. The van der Waals surface area contributed by atoms with Crippen molar-refractivity contribution in [1.82, 2.24) is 0 Å². The lowest BCUT2D eigenvalue weighted by Crippen LogP contribution is -2.14. The number of rotatable bonds is 2. The van der Waals surface area contributed by atoms with Crippen molar-refractivity contribution < 1.29 is 9.18 Å². The third-order valence-corrected chi connectivity index (χ3v) is 3.26. The van der Waals surface area contributed by atoms with Gasteiger partial charge in [-0.05, 0) is 30.3 Å². The van der Waals surface area contributed by atoms with Gasteiger partial charge in [-0.1, -0.05) is 29.3 Å². The van der Waals surface area contributed by atoms with Crippen LogP contribution >= 0.6 is 23.2 Å². The predicted octanol–water partition coefficient (Wildman–Crippen LogP) is 3.97. The molecular weight excluding hydrogens is 290 g/mol. The zero-order valence-electron chi connectivity index (χ0n) is 9.58. The molecule has 19 heavy (non-hydrogen) atoms.